The van der Waals surface area contributed by atoms with Gasteiger partial charge in [-0.3, -0.25) is 0 Å². The Morgan fingerprint density at radius 1 is 0.792 bits per heavy atom. The fraction of sp³-hybridized carbons (Fsp3) is 0.0952. The van der Waals surface area contributed by atoms with Gasteiger partial charge in [0.25, 0.3) is 0 Å². The standard InChI is InChI=1S/C21H19NO2/c1-15(22)21(23)24-20-18(16-9-4-2-5-10-16)13-8-14-19(20)17-11-6-3-7-12-17/h2-15H,22H2,1H3/t15-/m0/s1. The minimum Gasteiger partial charge on any atom is -0.424 e. The lowest BCUT2D eigenvalue weighted by molar-refractivity contribution is -0.135. The summed E-state index contributed by atoms with van der Waals surface area (Å²) in [5.74, 6) is 0.0905. The molecule has 2 N–H and O–H groups in total. The zero-order chi connectivity index (χ0) is 16.9. The number of benzene rings is 3. The number of hydrogen-bond acceptors (Lipinski definition) is 3. The van der Waals surface area contributed by atoms with Crippen molar-refractivity contribution in [3.8, 4) is 28.0 Å². The van der Waals surface area contributed by atoms with E-state index in [9.17, 15) is 4.79 Å². The summed E-state index contributed by atoms with van der Waals surface area (Å²) in [6.45, 7) is 1.62. The maximum absolute atomic E-state index is 12.1. The van der Waals surface area contributed by atoms with Gasteiger partial charge in [0, 0.05) is 11.1 Å². The molecular weight excluding hydrogens is 298 g/mol. The van der Waals surface area contributed by atoms with Gasteiger partial charge in [0.1, 0.15) is 11.8 Å². The van der Waals surface area contributed by atoms with E-state index in [1.165, 1.54) is 0 Å². The van der Waals surface area contributed by atoms with Gasteiger partial charge >= 0.3 is 5.97 Å². The monoisotopic (exact) mass is 317 g/mol. The number of carbonyl (C=O) groups excluding carboxylic acids is 1. The number of hydrogen-bond donors (Lipinski definition) is 1. The summed E-state index contributed by atoms with van der Waals surface area (Å²) in [5.41, 5.74) is 9.40. The van der Waals surface area contributed by atoms with E-state index in [0.717, 1.165) is 22.3 Å². The Balaban J connectivity index is 2.17. The fourth-order valence-electron chi connectivity index (χ4n) is 2.53. The van der Waals surface area contributed by atoms with E-state index in [-0.39, 0.29) is 0 Å². The van der Waals surface area contributed by atoms with Crippen LogP contribution in [0.1, 0.15) is 6.92 Å². The molecule has 0 spiro atoms. The van der Waals surface area contributed by atoms with Gasteiger partial charge in [-0.15, -0.1) is 0 Å². The highest BCUT2D eigenvalue weighted by atomic mass is 16.5. The van der Waals surface area contributed by atoms with E-state index in [1.54, 1.807) is 6.92 Å². The van der Waals surface area contributed by atoms with Crippen molar-refractivity contribution >= 4 is 5.97 Å². The van der Waals surface area contributed by atoms with Gasteiger partial charge in [0.15, 0.2) is 0 Å². The molecule has 1 atom stereocenters. The van der Waals surface area contributed by atoms with Crippen LogP contribution in [0.15, 0.2) is 78.9 Å². The van der Waals surface area contributed by atoms with E-state index in [4.69, 9.17) is 10.5 Å². The summed E-state index contributed by atoms with van der Waals surface area (Å²) in [4.78, 5) is 12.1. The lowest BCUT2D eigenvalue weighted by atomic mass is 9.97. The molecule has 3 heteroatoms. The van der Waals surface area contributed by atoms with Crippen LogP contribution in [-0.2, 0) is 4.79 Å². The molecule has 3 nitrogen and oxygen atoms in total. The third-order valence-corrected chi connectivity index (χ3v) is 3.76. The molecular formula is C21H19NO2. The largest absolute Gasteiger partial charge is 0.424 e. The summed E-state index contributed by atoms with van der Waals surface area (Å²) >= 11 is 0. The Morgan fingerprint density at radius 3 is 1.67 bits per heavy atom. The number of para-hydroxylation sites is 1. The number of esters is 1. The van der Waals surface area contributed by atoms with E-state index in [2.05, 4.69) is 0 Å². The van der Waals surface area contributed by atoms with E-state index in [1.807, 2.05) is 78.9 Å². The maximum Gasteiger partial charge on any atom is 0.328 e. The molecule has 0 radical (unpaired) electrons. The summed E-state index contributed by atoms with van der Waals surface area (Å²) in [7, 11) is 0. The molecule has 0 saturated heterocycles. The quantitative estimate of drug-likeness (QED) is 0.577. The summed E-state index contributed by atoms with van der Waals surface area (Å²) < 4.78 is 5.68. The van der Waals surface area contributed by atoms with Crippen LogP contribution in [0.2, 0.25) is 0 Å². The molecule has 120 valence electrons. The van der Waals surface area contributed by atoms with Crippen LogP contribution in [-0.4, -0.2) is 12.0 Å². The van der Waals surface area contributed by atoms with Gasteiger partial charge in [0.05, 0.1) is 0 Å². The van der Waals surface area contributed by atoms with Crippen molar-refractivity contribution in [2.75, 3.05) is 0 Å². The average molecular weight is 317 g/mol. The lowest BCUT2D eigenvalue weighted by Gasteiger charge is -2.16. The highest BCUT2D eigenvalue weighted by molar-refractivity contribution is 5.87. The maximum atomic E-state index is 12.1. The van der Waals surface area contributed by atoms with Crippen LogP contribution >= 0.6 is 0 Å². The molecule has 0 aliphatic carbocycles. The molecule has 3 rings (SSSR count). The van der Waals surface area contributed by atoms with Crippen LogP contribution in [0.25, 0.3) is 22.3 Å². The minimum atomic E-state index is -0.683. The zero-order valence-corrected chi connectivity index (χ0v) is 13.5. The van der Waals surface area contributed by atoms with Crippen molar-refractivity contribution in [1.82, 2.24) is 0 Å². The molecule has 0 bridgehead atoms. The van der Waals surface area contributed by atoms with Gasteiger partial charge in [-0.2, -0.15) is 0 Å². The van der Waals surface area contributed by atoms with Crippen LogP contribution in [0, 0.1) is 0 Å². The first-order chi connectivity index (χ1) is 11.7. The predicted octanol–water partition coefficient (Wildman–Crippen LogP) is 4.27. The normalized spacial score (nSPS) is 11.8. The van der Waals surface area contributed by atoms with Gasteiger partial charge in [0.2, 0.25) is 0 Å². The highest BCUT2D eigenvalue weighted by Gasteiger charge is 2.18. The molecule has 0 aliphatic rings. The molecule has 0 amide bonds. The smallest absolute Gasteiger partial charge is 0.328 e. The number of nitrogens with two attached hydrogens (primary N) is 1. The lowest BCUT2D eigenvalue weighted by Crippen LogP contribution is -2.31. The SMILES string of the molecule is C[C@H](N)C(=O)Oc1c(-c2ccccc2)cccc1-c1ccccc1. The van der Waals surface area contributed by atoms with E-state index < -0.39 is 12.0 Å². The molecule has 0 heterocycles. The topological polar surface area (TPSA) is 52.3 Å². The first kappa shape index (κ1) is 16.0. The first-order valence-corrected chi connectivity index (χ1v) is 7.88. The van der Waals surface area contributed by atoms with Crippen molar-refractivity contribution < 1.29 is 9.53 Å². The molecule has 0 fully saturated rings. The second kappa shape index (κ2) is 7.11. The Kier molecular flexibility index (Phi) is 4.73. The molecule has 3 aromatic carbocycles. The average Bonchev–Trinajstić information content (AvgIpc) is 2.63. The molecule has 24 heavy (non-hydrogen) atoms. The summed E-state index contributed by atoms with van der Waals surface area (Å²) in [6, 6.07) is 24.9. The zero-order valence-electron chi connectivity index (χ0n) is 13.5. The van der Waals surface area contributed by atoms with Crippen molar-refractivity contribution in [3.05, 3.63) is 78.9 Å². The third kappa shape index (κ3) is 3.36. The minimum absolute atomic E-state index is 0.449. The molecule has 0 aliphatic heterocycles. The number of rotatable bonds is 4. The first-order valence-electron chi connectivity index (χ1n) is 7.88. The van der Waals surface area contributed by atoms with E-state index in [0.29, 0.717) is 5.75 Å². The van der Waals surface area contributed by atoms with Crippen molar-refractivity contribution in [3.63, 3.8) is 0 Å². The predicted molar refractivity (Wildman–Crippen MR) is 96.6 cm³/mol. The Morgan fingerprint density at radius 2 is 1.25 bits per heavy atom. The van der Waals surface area contributed by atoms with Gasteiger partial charge in [-0.1, -0.05) is 78.9 Å². The Hall–Kier alpha value is -2.91. The van der Waals surface area contributed by atoms with Crippen molar-refractivity contribution in [2.45, 2.75) is 13.0 Å². The third-order valence-electron chi connectivity index (χ3n) is 3.76. The van der Waals surface area contributed by atoms with Gasteiger partial charge in [-0.05, 0) is 18.1 Å². The Labute approximate surface area is 141 Å². The Bertz CT molecular complexity index is 769. The molecule has 0 saturated carbocycles. The second-order valence-corrected chi connectivity index (χ2v) is 5.62. The van der Waals surface area contributed by atoms with Crippen molar-refractivity contribution in [1.29, 1.82) is 0 Å². The van der Waals surface area contributed by atoms with Crippen LogP contribution < -0.4 is 10.5 Å². The number of ether oxygens (including phenoxy) is 1. The van der Waals surface area contributed by atoms with Crippen LogP contribution in [0.3, 0.4) is 0 Å². The van der Waals surface area contributed by atoms with Crippen LogP contribution in [0.5, 0.6) is 5.75 Å². The van der Waals surface area contributed by atoms with Crippen LogP contribution in [0.4, 0.5) is 0 Å². The molecule has 0 unspecified atom stereocenters. The van der Waals surface area contributed by atoms with Crippen molar-refractivity contribution in [2.24, 2.45) is 5.73 Å². The highest BCUT2D eigenvalue weighted by Crippen LogP contribution is 2.39. The van der Waals surface area contributed by atoms with E-state index >= 15 is 0 Å². The number of carbonyl (C=O) groups is 1. The van der Waals surface area contributed by atoms with Gasteiger partial charge in [-0.25, -0.2) is 4.79 Å². The molecule has 0 aromatic heterocycles. The fourth-order valence-corrected chi connectivity index (χ4v) is 2.53. The summed E-state index contributed by atoms with van der Waals surface area (Å²) in [6.07, 6.45) is 0. The second-order valence-electron chi connectivity index (χ2n) is 5.62. The summed E-state index contributed by atoms with van der Waals surface area (Å²) in [5, 5.41) is 0. The molecule has 3 aromatic rings. The van der Waals surface area contributed by atoms with Gasteiger partial charge < -0.3 is 10.5 Å².